The fourth-order valence-corrected chi connectivity index (χ4v) is 0.821. The van der Waals surface area contributed by atoms with Crippen LogP contribution in [0.3, 0.4) is 0 Å². The Morgan fingerprint density at radius 1 is 1.55 bits per heavy atom. The zero-order valence-electron chi connectivity index (χ0n) is 5.81. The highest BCUT2D eigenvalue weighted by atomic mass is 32.2. The minimum absolute atomic E-state index is 0.198. The summed E-state index contributed by atoms with van der Waals surface area (Å²) in [6, 6.07) is 0. The van der Waals surface area contributed by atoms with Gasteiger partial charge in [-0.3, -0.25) is 0 Å². The molecule has 0 radical (unpaired) electrons. The molecular formula is C5H7N3O2S. The van der Waals surface area contributed by atoms with Gasteiger partial charge in [0, 0.05) is 7.05 Å². The third kappa shape index (κ3) is 1.95. The molecule has 0 saturated carbocycles. The van der Waals surface area contributed by atoms with Gasteiger partial charge in [-0.15, -0.1) is 0 Å². The van der Waals surface area contributed by atoms with Gasteiger partial charge >= 0.3 is 0 Å². The lowest BCUT2D eigenvalue weighted by molar-refractivity contribution is 0.563. The maximum Gasteiger partial charge on any atom is 0.222 e. The number of rotatable bonds is 2. The highest BCUT2D eigenvalue weighted by Crippen LogP contribution is 2.01. The van der Waals surface area contributed by atoms with Crippen LogP contribution in [-0.2, 0) is 11.1 Å². The van der Waals surface area contributed by atoms with Gasteiger partial charge in [0.15, 0.2) is 11.1 Å². The Kier molecular flexibility index (Phi) is 2.50. The standard InChI is InChI=1S/C5H7N3O2S/c1-6-5-7-2-4(3-8-5)11(9)10/h2-3H,1H3,(H,9,10)(H,6,7,8). The average Bonchev–Trinajstić information content (AvgIpc) is 2.05. The molecule has 60 valence electrons. The van der Waals surface area contributed by atoms with Gasteiger partial charge in [0.05, 0.1) is 12.4 Å². The van der Waals surface area contributed by atoms with E-state index in [4.69, 9.17) is 4.55 Å². The summed E-state index contributed by atoms with van der Waals surface area (Å²) >= 11 is -1.99. The van der Waals surface area contributed by atoms with Crippen molar-refractivity contribution in [1.82, 2.24) is 9.97 Å². The Bertz CT molecular complexity index is 261. The average molecular weight is 173 g/mol. The molecular weight excluding hydrogens is 166 g/mol. The van der Waals surface area contributed by atoms with Crippen LogP contribution in [0, 0.1) is 0 Å². The summed E-state index contributed by atoms with van der Waals surface area (Å²) in [6.45, 7) is 0. The topological polar surface area (TPSA) is 75.1 Å². The number of anilines is 1. The molecule has 0 aliphatic carbocycles. The van der Waals surface area contributed by atoms with E-state index in [-0.39, 0.29) is 4.90 Å². The van der Waals surface area contributed by atoms with Crippen molar-refractivity contribution < 1.29 is 8.76 Å². The Labute approximate surface area is 66.2 Å². The SMILES string of the molecule is CNc1ncc(S(=O)O)cn1. The van der Waals surface area contributed by atoms with E-state index in [1.165, 1.54) is 12.4 Å². The fraction of sp³-hybridized carbons (Fsp3) is 0.200. The zero-order chi connectivity index (χ0) is 8.27. The summed E-state index contributed by atoms with van der Waals surface area (Å²) in [7, 11) is 1.67. The second-order valence-electron chi connectivity index (χ2n) is 1.74. The molecule has 0 fully saturated rings. The largest absolute Gasteiger partial charge is 0.357 e. The van der Waals surface area contributed by atoms with Crippen LogP contribution in [0.25, 0.3) is 0 Å². The molecule has 6 heteroatoms. The molecule has 11 heavy (non-hydrogen) atoms. The Morgan fingerprint density at radius 2 is 2.09 bits per heavy atom. The van der Waals surface area contributed by atoms with Gasteiger partial charge in [-0.25, -0.2) is 14.2 Å². The van der Waals surface area contributed by atoms with Crippen LogP contribution < -0.4 is 5.32 Å². The molecule has 1 aromatic rings. The van der Waals surface area contributed by atoms with Crippen molar-refractivity contribution in [2.24, 2.45) is 0 Å². The Hall–Kier alpha value is -1.01. The van der Waals surface area contributed by atoms with Crippen LogP contribution in [0.1, 0.15) is 0 Å². The van der Waals surface area contributed by atoms with Gasteiger partial charge in [-0.05, 0) is 0 Å². The molecule has 0 aliphatic rings. The van der Waals surface area contributed by atoms with Gasteiger partial charge in [0.2, 0.25) is 5.95 Å². The van der Waals surface area contributed by atoms with Crippen LogP contribution in [0.15, 0.2) is 17.3 Å². The number of aromatic nitrogens is 2. The predicted octanol–water partition coefficient (Wildman–Crippen LogP) is 0.0989. The van der Waals surface area contributed by atoms with E-state index in [0.29, 0.717) is 5.95 Å². The minimum atomic E-state index is -1.99. The lowest BCUT2D eigenvalue weighted by Crippen LogP contribution is -1.97. The summed E-state index contributed by atoms with van der Waals surface area (Å²) in [4.78, 5) is 7.68. The van der Waals surface area contributed by atoms with Crippen LogP contribution in [0.4, 0.5) is 5.95 Å². The predicted molar refractivity (Wildman–Crippen MR) is 40.6 cm³/mol. The minimum Gasteiger partial charge on any atom is -0.357 e. The molecule has 0 amide bonds. The number of hydrogen-bond donors (Lipinski definition) is 2. The first-order valence-electron chi connectivity index (χ1n) is 2.84. The second-order valence-corrected chi connectivity index (χ2v) is 2.71. The molecule has 0 spiro atoms. The summed E-state index contributed by atoms with van der Waals surface area (Å²) in [5.41, 5.74) is 0. The maximum absolute atomic E-state index is 10.4. The monoisotopic (exact) mass is 173 g/mol. The lowest BCUT2D eigenvalue weighted by Gasteiger charge is -1.96. The summed E-state index contributed by atoms with van der Waals surface area (Å²) in [5, 5.41) is 2.69. The first-order chi connectivity index (χ1) is 5.24. The van der Waals surface area contributed by atoms with Crippen molar-refractivity contribution in [2.45, 2.75) is 4.90 Å². The van der Waals surface area contributed by atoms with Gasteiger partial charge in [0.25, 0.3) is 0 Å². The molecule has 1 atom stereocenters. The molecule has 0 aliphatic heterocycles. The molecule has 0 bridgehead atoms. The van der Waals surface area contributed by atoms with E-state index in [0.717, 1.165) is 0 Å². The Morgan fingerprint density at radius 3 is 2.45 bits per heavy atom. The molecule has 1 rings (SSSR count). The second kappa shape index (κ2) is 3.40. The summed E-state index contributed by atoms with van der Waals surface area (Å²) in [6.07, 6.45) is 2.60. The van der Waals surface area contributed by atoms with E-state index in [1.54, 1.807) is 7.05 Å². The summed E-state index contributed by atoms with van der Waals surface area (Å²) < 4.78 is 19.0. The van der Waals surface area contributed by atoms with Gasteiger partial charge < -0.3 is 9.87 Å². The highest BCUT2D eigenvalue weighted by molar-refractivity contribution is 7.79. The van der Waals surface area contributed by atoms with Gasteiger partial charge in [0.1, 0.15) is 4.90 Å². The first kappa shape index (κ1) is 8.09. The normalized spacial score (nSPS) is 12.5. The van der Waals surface area contributed by atoms with Crippen LogP contribution >= 0.6 is 0 Å². The van der Waals surface area contributed by atoms with Gasteiger partial charge in [-0.2, -0.15) is 0 Å². The molecule has 1 aromatic heterocycles. The first-order valence-corrected chi connectivity index (χ1v) is 3.95. The molecule has 0 saturated heterocycles. The van der Waals surface area contributed by atoms with Crippen molar-refractivity contribution in [3.8, 4) is 0 Å². The van der Waals surface area contributed by atoms with Crippen LogP contribution in [0.2, 0.25) is 0 Å². The highest BCUT2D eigenvalue weighted by Gasteiger charge is 1.99. The third-order valence-electron chi connectivity index (χ3n) is 1.05. The molecule has 1 heterocycles. The molecule has 5 nitrogen and oxygen atoms in total. The van der Waals surface area contributed by atoms with E-state index >= 15 is 0 Å². The van der Waals surface area contributed by atoms with Crippen molar-refractivity contribution in [3.05, 3.63) is 12.4 Å². The van der Waals surface area contributed by atoms with Crippen molar-refractivity contribution in [3.63, 3.8) is 0 Å². The van der Waals surface area contributed by atoms with Crippen molar-refractivity contribution in [1.29, 1.82) is 0 Å². The van der Waals surface area contributed by atoms with E-state index in [1.807, 2.05) is 0 Å². The quantitative estimate of drug-likeness (QED) is 0.620. The van der Waals surface area contributed by atoms with Crippen molar-refractivity contribution in [2.75, 3.05) is 12.4 Å². The molecule has 0 aromatic carbocycles. The molecule has 2 N–H and O–H groups in total. The molecule has 1 unspecified atom stereocenters. The van der Waals surface area contributed by atoms with Crippen molar-refractivity contribution >= 4 is 17.0 Å². The number of nitrogens with one attached hydrogen (secondary N) is 1. The zero-order valence-corrected chi connectivity index (χ0v) is 6.63. The number of nitrogens with zero attached hydrogens (tertiary/aromatic N) is 2. The van der Waals surface area contributed by atoms with E-state index in [9.17, 15) is 4.21 Å². The summed E-state index contributed by atoms with van der Waals surface area (Å²) in [5.74, 6) is 0.430. The third-order valence-corrected chi connectivity index (χ3v) is 1.67. The van der Waals surface area contributed by atoms with E-state index in [2.05, 4.69) is 15.3 Å². The number of hydrogen-bond acceptors (Lipinski definition) is 4. The van der Waals surface area contributed by atoms with E-state index < -0.39 is 11.1 Å². The lowest BCUT2D eigenvalue weighted by atomic mass is 10.7. The maximum atomic E-state index is 10.4. The smallest absolute Gasteiger partial charge is 0.222 e. The fourth-order valence-electron chi connectivity index (χ4n) is 0.535. The van der Waals surface area contributed by atoms with Gasteiger partial charge in [-0.1, -0.05) is 0 Å². The Balaban J connectivity index is 2.91. The van der Waals surface area contributed by atoms with Crippen LogP contribution in [0.5, 0.6) is 0 Å². The van der Waals surface area contributed by atoms with Crippen LogP contribution in [-0.4, -0.2) is 25.8 Å².